The van der Waals surface area contributed by atoms with Gasteiger partial charge in [0.15, 0.2) is 5.16 Å². The topological polar surface area (TPSA) is 93.1 Å². The molecule has 0 unspecified atom stereocenters. The SMILES string of the molecule is CNC(=O)NC(=O)[C@H](C)Sc1nc2sc3c(c2c(=O)n1-c1cccc(C)c1)CCCC3. The molecule has 2 heterocycles. The van der Waals surface area contributed by atoms with Gasteiger partial charge < -0.3 is 5.32 Å². The number of thioether (sulfide) groups is 1. The second-order valence-corrected chi connectivity index (χ2v) is 9.99. The van der Waals surface area contributed by atoms with Crippen molar-refractivity contribution < 1.29 is 9.59 Å². The molecule has 2 N–H and O–H groups in total. The lowest BCUT2D eigenvalue weighted by molar-refractivity contribution is -0.119. The standard InChI is InChI=1S/C22H24N4O3S2/c1-12-7-6-8-14(11-12)26-20(28)17-15-9-4-5-10-16(15)31-19(17)25-22(26)30-13(2)18(27)24-21(29)23-3/h6-8,11,13H,4-5,9-10H2,1-3H3,(H2,23,24,27,29)/t13-/m0/s1. The number of carbonyl (C=O) groups is 2. The molecule has 3 amide bonds. The van der Waals surface area contributed by atoms with Crippen molar-refractivity contribution in [3.05, 3.63) is 50.6 Å². The number of carbonyl (C=O) groups excluding carboxylic acids is 2. The maximum atomic E-state index is 13.7. The summed E-state index contributed by atoms with van der Waals surface area (Å²) in [5.41, 5.74) is 2.78. The van der Waals surface area contributed by atoms with Gasteiger partial charge in [0, 0.05) is 11.9 Å². The Labute approximate surface area is 188 Å². The fourth-order valence-electron chi connectivity index (χ4n) is 3.75. The molecule has 4 rings (SSSR count). The van der Waals surface area contributed by atoms with Gasteiger partial charge in [-0.3, -0.25) is 19.5 Å². The number of thiophene rings is 1. The van der Waals surface area contributed by atoms with Crippen LogP contribution in [0.5, 0.6) is 0 Å². The molecule has 1 aliphatic rings. The minimum Gasteiger partial charge on any atom is -0.341 e. The Hall–Kier alpha value is -2.65. The van der Waals surface area contributed by atoms with E-state index in [4.69, 9.17) is 4.98 Å². The van der Waals surface area contributed by atoms with Crippen molar-refractivity contribution in [2.75, 3.05) is 7.05 Å². The first kappa shape index (κ1) is 21.6. The van der Waals surface area contributed by atoms with Crippen molar-refractivity contribution in [3.63, 3.8) is 0 Å². The molecule has 0 radical (unpaired) electrons. The third-order valence-electron chi connectivity index (χ3n) is 5.33. The highest BCUT2D eigenvalue weighted by molar-refractivity contribution is 8.00. The smallest absolute Gasteiger partial charge is 0.321 e. The van der Waals surface area contributed by atoms with Gasteiger partial charge in [0.1, 0.15) is 4.83 Å². The Kier molecular flexibility index (Phi) is 6.15. The Bertz CT molecular complexity index is 1230. The number of aromatic nitrogens is 2. The summed E-state index contributed by atoms with van der Waals surface area (Å²) in [5, 5.41) is 5.19. The predicted octanol–water partition coefficient (Wildman–Crippen LogP) is 3.57. The van der Waals surface area contributed by atoms with E-state index in [-0.39, 0.29) is 5.56 Å². The number of nitrogens with one attached hydrogen (secondary N) is 2. The van der Waals surface area contributed by atoms with Crippen LogP contribution in [0.1, 0.15) is 35.8 Å². The van der Waals surface area contributed by atoms with Gasteiger partial charge in [0.25, 0.3) is 5.56 Å². The summed E-state index contributed by atoms with van der Waals surface area (Å²) >= 11 is 2.76. The number of urea groups is 1. The van der Waals surface area contributed by atoms with E-state index in [0.29, 0.717) is 10.5 Å². The number of fused-ring (bicyclic) bond motifs is 3. The molecule has 2 aromatic heterocycles. The van der Waals surface area contributed by atoms with Gasteiger partial charge in [0.05, 0.1) is 16.3 Å². The lowest BCUT2D eigenvalue weighted by atomic mass is 9.97. The van der Waals surface area contributed by atoms with E-state index in [1.54, 1.807) is 22.8 Å². The van der Waals surface area contributed by atoms with E-state index in [1.165, 1.54) is 23.7 Å². The lowest BCUT2D eigenvalue weighted by Gasteiger charge is -2.16. The minimum atomic E-state index is -0.618. The number of nitrogens with zero attached hydrogens (tertiary/aromatic N) is 2. The van der Waals surface area contributed by atoms with Gasteiger partial charge in [-0.05, 0) is 62.8 Å². The lowest BCUT2D eigenvalue weighted by Crippen LogP contribution is -2.41. The molecule has 9 heteroatoms. The second kappa shape index (κ2) is 8.84. The highest BCUT2D eigenvalue weighted by Crippen LogP contribution is 2.35. The summed E-state index contributed by atoms with van der Waals surface area (Å²) in [7, 11) is 1.45. The van der Waals surface area contributed by atoms with Gasteiger partial charge in [0.2, 0.25) is 5.91 Å². The molecule has 0 fully saturated rings. The summed E-state index contributed by atoms with van der Waals surface area (Å²) in [6.45, 7) is 3.67. The van der Waals surface area contributed by atoms with Crippen LogP contribution in [0, 0.1) is 6.92 Å². The Balaban J connectivity index is 1.85. The van der Waals surface area contributed by atoms with Crippen LogP contribution in [-0.4, -0.2) is 33.8 Å². The quantitative estimate of drug-likeness (QED) is 0.462. The third-order valence-corrected chi connectivity index (χ3v) is 7.57. The van der Waals surface area contributed by atoms with E-state index >= 15 is 0 Å². The molecule has 0 aliphatic heterocycles. The molecule has 0 bridgehead atoms. The first-order valence-electron chi connectivity index (χ1n) is 10.2. The molecule has 1 aliphatic carbocycles. The number of imide groups is 1. The van der Waals surface area contributed by atoms with Crippen molar-refractivity contribution in [2.45, 2.75) is 49.9 Å². The van der Waals surface area contributed by atoms with Crippen LogP contribution in [0.25, 0.3) is 15.9 Å². The Morgan fingerprint density at radius 3 is 2.77 bits per heavy atom. The number of hydrogen-bond donors (Lipinski definition) is 2. The van der Waals surface area contributed by atoms with Crippen LogP contribution in [0.2, 0.25) is 0 Å². The fourth-order valence-corrected chi connectivity index (χ4v) is 5.98. The molecule has 1 atom stereocenters. The summed E-state index contributed by atoms with van der Waals surface area (Å²) in [4.78, 5) is 44.5. The highest BCUT2D eigenvalue weighted by atomic mass is 32.2. The zero-order valence-electron chi connectivity index (χ0n) is 17.7. The van der Waals surface area contributed by atoms with Crippen molar-refractivity contribution in [1.82, 2.24) is 20.2 Å². The fraction of sp³-hybridized carbons (Fsp3) is 0.364. The Morgan fingerprint density at radius 1 is 1.26 bits per heavy atom. The first-order valence-corrected chi connectivity index (χ1v) is 11.9. The zero-order valence-corrected chi connectivity index (χ0v) is 19.3. The van der Waals surface area contributed by atoms with E-state index in [0.717, 1.165) is 47.3 Å². The number of aryl methyl sites for hydroxylation is 3. The first-order chi connectivity index (χ1) is 14.9. The molecule has 0 spiro atoms. The summed E-state index contributed by atoms with van der Waals surface area (Å²) in [5.74, 6) is -0.444. The Morgan fingerprint density at radius 2 is 2.03 bits per heavy atom. The van der Waals surface area contributed by atoms with E-state index < -0.39 is 17.2 Å². The maximum Gasteiger partial charge on any atom is 0.321 e. The normalized spacial score (nSPS) is 14.2. The monoisotopic (exact) mass is 456 g/mol. The molecule has 1 aromatic carbocycles. The highest BCUT2D eigenvalue weighted by Gasteiger charge is 2.25. The number of rotatable bonds is 4. The molecule has 0 saturated heterocycles. The zero-order chi connectivity index (χ0) is 22.1. The summed E-state index contributed by atoms with van der Waals surface area (Å²) < 4.78 is 1.60. The van der Waals surface area contributed by atoms with Crippen molar-refractivity contribution in [2.24, 2.45) is 0 Å². The van der Waals surface area contributed by atoms with E-state index in [1.807, 2.05) is 31.2 Å². The molecular formula is C22H24N4O3S2. The van der Waals surface area contributed by atoms with Crippen molar-refractivity contribution in [1.29, 1.82) is 0 Å². The average Bonchev–Trinajstić information content (AvgIpc) is 3.12. The molecule has 162 valence electrons. The van der Waals surface area contributed by atoms with Crippen molar-refractivity contribution >= 4 is 45.3 Å². The third kappa shape index (κ3) is 4.24. The van der Waals surface area contributed by atoms with Gasteiger partial charge >= 0.3 is 6.03 Å². The van der Waals surface area contributed by atoms with Crippen LogP contribution in [0.4, 0.5) is 4.79 Å². The largest absolute Gasteiger partial charge is 0.341 e. The van der Waals surface area contributed by atoms with Crippen molar-refractivity contribution in [3.8, 4) is 5.69 Å². The van der Waals surface area contributed by atoms with Crippen LogP contribution in [0.3, 0.4) is 0 Å². The van der Waals surface area contributed by atoms with Crippen LogP contribution < -0.4 is 16.2 Å². The van der Waals surface area contributed by atoms with Crippen LogP contribution >= 0.6 is 23.1 Å². The van der Waals surface area contributed by atoms with Gasteiger partial charge in [-0.2, -0.15) is 0 Å². The molecule has 3 aromatic rings. The summed E-state index contributed by atoms with van der Waals surface area (Å²) in [6.07, 6.45) is 4.09. The molecule has 31 heavy (non-hydrogen) atoms. The second-order valence-electron chi connectivity index (χ2n) is 7.59. The molecule has 0 saturated carbocycles. The van der Waals surface area contributed by atoms with Gasteiger partial charge in [-0.25, -0.2) is 9.78 Å². The van der Waals surface area contributed by atoms with Crippen LogP contribution in [0.15, 0.2) is 34.2 Å². The molecule has 7 nitrogen and oxygen atoms in total. The van der Waals surface area contributed by atoms with Gasteiger partial charge in [-0.15, -0.1) is 11.3 Å². The van der Waals surface area contributed by atoms with Crippen LogP contribution in [-0.2, 0) is 17.6 Å². The van der Waals surface area contributed by atoms with E-state index in [2.05, 4.69) is 10.6 Å². The van der Waals surface area contributed by atoms with E-state index in [9.17, 15) is 14.4 Å². The number of hydrogen-bond acceptors (Lipinski definition) is 6. The maximum absolute atomic E-state index is 13.7. The molecular weight excluding hydrogens is 432 g/mol. The predicted molar refractivity (Wildman–Crippen MR) is 125 cm³/mol. The van der Waals surface area contributed by atoms with Gasteiger partial charge in [-0.1, -0.05) is 23.9 Å². The summed E-state index contributed by atoms with van der Waals surface area (Å²) in [6, 6.07) is 7.12. The number of amides is 3. The minimum absolute atomic E-state index is 0.101. The number of benzene rings is 1. The average molecular weight is 457 g/mol.